The molecular formula is C26H31F3N4O3S2. The molecule has 1 unspecified atom stereocenters. The van der Waals surface area contributed by atoms with Crippen LogP contribution in [-0.4, -0.2) is 56.5 Å². The number of halogens is 3. The van der Waals surface area contributed by atoms with Crippen LogP contribution < -0.4 is 10.2 Å². The average Bonchev–Trinajstić information content (AvgIpc) is 3.52. The van der Waals surface area contributed by atoms with E-state index in [0.717, 1.165) is 74.2 Å². The molecule has 1 atom stereocenters. The molecule has 38 heavy (non-hydrogen) atoms. The molecule has 0 radical (unpaired) electrons. The first kappa shape index (κ1) is 28.5. The maximum absolute atomic E-state index is 12.5. The first-order valence-corrected chi connectivity index (χ1v) is 15.0. The van der Waals surface area contributed by atoms with Gasteiger partial charge in [0.2, 0.25) is 12.0 Å². The van der Waals surface area contributed by atoms with E-state index in [-0.39, 0.29) is 16.8 Å². The molecular weight excluding hydrogens is 537 g/mol. The second-order valence-corrected chi connectivity index (χ2v) is 12.7. The Morgan fingerprint density at radius 3 is 2.37 bits per heavy atom. The summed E-state index contributed by atoms with van der Waals surface area (Å²) in [6.45, 7) is 1.46. The molecule has 1 aromatic carbocycles. The standard InChI is InChI=1S/C15H15F3N2O2S2.C11H16N2O/c16-15(17,18)13(21)14-19-9-12(23-14)10-1-3-11(4-2-10)20-5-7-24(22)8-6-20;12-8-11(6-7-11)13-10(14)9-4-2-1-3-5-9/h1-4,9,13,21H,5-8H2;9H,1-7H2,(H,13,14). The van der Waals surface area contributed by atoms with Crippen molar-refractivity contribution >= 4 is 33.7 Å². The van der Waals surface area contributed by atoms with Gasteiger partial charge >= 0.3 is 6.18 Å². The normalized spacial score (nSPS) is 20.6. The van der Waals surface area contributed by atoms with Crippen molar-refractivity contribution in [3.05, 3.63) is 35.5 Å². The molecule has 1 aliphatic heterocycles. The average molecular weight is 569 g/mol. The van der Waals surface area contributed by atoms with Crippen molar-refractivity contribution in [1.82, 2.24) is 10.3 Å². The monoisotopic (exact) mass is 568 g/mol. The summed E-state index contributed by atoms with van der Waals surface area (Å²) in [5.41, 5.74) is 1.27. The Bertz CT molecular complexity index is 1160. The molecule has 2 heterocycles. The van der Waals surface area contributed by atoms with Crippen LogP contribution in [0.1, 0.15) is 56.1 Å². The number of aliphatic hydroxyl groups is 1. The van der Waals surface area contributed by atoms with Crippen LogP contribution in [0.25, 0.3) is 10.4 Å². The molecule has 2 aromatic rings. The van der Waals surface area contributed by atoms with Crippen LogP contribution in [0.2, 0.25) is 0 Å². The summed E-state index contributed by atoms with van der Waals surface area (Å²) < 4.78 is 49.0. The minimum Gasteiger partial charge on any atom is -0.377 e. The highest BCUT2D eigenvalue weighted by Crippen LogP contribution is 2.38. The van der Waals surface area contributed by atoms with E-state index in [1.807, 2.05) is 24.3 Å². The number of aromatic nitrogens is 1. The summed E-state index contributed by atoms with van der Waals surface area (Å²) in [7, 11) is -0.742. The van der Waals surface area contributed by atoms with Gasteiger partial charge in [0.15, 0.2) is 0 Å². The van der Waals surface area contributed by atoms with Crippen LogP contribution in [0.4, 0.5) is 18.9 Å². The largest absolute Gasteiger partial charge is 0.420 e. The van der Waals surface area contributed by atoms with E-state index in [0.29, 0.717) is 16.4 Å². The summed E-state index contributed by atoms with van der Waals surface area (Å²) in [5.74, 6) is 1.59. The van der Waals surface area contributed by atoms with Gasteiger partial charge in [-0.15, -0.1) is 11.3 Å². The van der Waals surface area contributed by atoms with Gasteiger partial charge in [-0.2, -0.15) is 18.4 Å². The zero-order valence-corrected chi connectivity index (χ0v) is 22.5. The second kappa shape index (κ2) is 12.1. The van der Waals surface area contributed by atoms with Gasteiger partial charge in [-0.25, -0.2) is 4.98 Å². The number of amides is 1. The van der Waals surface area contributed by atoms with Gasteiger partial charge in [0, 0.05) is 53.2 Å². The lowest BCUT2D eigenvalue weighted by atomic mass is 9.88. The molecule has 12 heteroatoms. The first-order chi connectivity index (χ1) is 18.1. The molecule has 1 amide bonds. The maximum Gasteiger partial charge on any atom is 0.420 e. The Morgan fingerprint density at radius 2 is 1.82 bits per heavy atom. The number of rotatable bonds is 5. The van der Waals surface area contributed by atoms with Crippen LogP contribution in [0.15, 0.2) is 30.5 Å². The van der Waals surface area contributed by atoms with Crippen molar-refractivity contribution in [2.24, 2.45) is 5.92 Å². The molecule has 1 aromatic heterocycles. The lowest BCUT2D eigenvalue weighted by Crippen LogP contribution is -2.40. The number of carbonyl (C=O) groups is 1. The third-order valence-corrected chi connectivity index (χ3v) is 9.44. The molecule has 7 nitrogen and oxygen atoms in total. The van der Waals surface area contributed by atoms with E-state index >= 15 is 0 Å². The van der Waals surface area contributed by atoms with E-state index < -0.39 is 28.6 Å². The fraction of sp³-hybridized carbons (Fsp3) is 0.577. The van der Waals surface area contributed by atoms with E-state index in [1.165, 1.54) is 12.6 Å². The first-order valence-electron chi connectivity index (χ1n) is 12.7. The maximum atomic E-state index is 12.5. The summed E-state index contributed by atoms with van der Waals surface area (Å²) in [6, 6.07) is 9.61. The molecule has 3 aliphatic rings. The minimum absolute atomic E-state index is 0.115. The highest BCUT2D eigenvalue weighted by atomic mass is 32.2. The predicted octanol–water partition coefficient (Wildman–Crippen LogP) is 4.71. The number of alkyl halides is 3. The highest BCUT2D eigenvalue weighted by Gasteiger charge is 2.45. The summed E-state index contributed by atoms with van der Waals surface area (Å²) >= 11 is 0.828. The quantitative estimate of drug-likeness (QED) is 0.541. The number of benzene rings is 1. The summed E-state index contributed by atoms with van der Waals surface area (Å²) in [6.07, 6.45) is 1.35. The lowest BCUT2D eigenvalue weighted by Gasteiger charge is -2.28. The van der Waals surface area contributed by atoms with Crippen LogP contribution in [0.5, 0.6) is 0 Å². The second-order valence-electron chi connectivity index (χ2n) is 9.91. The number of aliphatic hydroxyl groups excluding tert-OH is 1. The van der Waals surface area contributed by atoms with Crippen LogP contribution in [0.3, 0.4) is 0 Å². The zero-order chi connectivity index (χ0) is 27.3. The van der Waals surface area contributed by atoms with Gasteiger partial charge in [-0.1, -0.05) is 31.4 Å². The van der Waals surface area contributed by atoms with Crippen molar-refractivity contribution < 1.29 is 27.3 Å². The third-order valence-electron chi connectivity index (χ3n) is 7.06. The Kier molecular flexibility index (Phi) is 9.11. The topological polar surface area (TPSA) is 106 Å². The fourth-order valence-corrected chi connectivity index (χ4v) is 6.50. The van der Waals surface area contributed by atoms with Crippen molar-refractivity contribution in [2.75, 3.05) is 29.5 Å². The van der Waals surface area contributed by atoms with Gasteiger partial charge in [0.25, 0.3) is 0 Å². The number of nitrogens with one attached hydrogen (secondary N) is 1. The van der Waals surface area contributed by atoms with E-state index in [1.54, 1.807) is 0 Å². The summed E-state index contributed by atoms with van der Waals surface area (Å²) in [5, 5.41) is 20.6. The molecule has 0 bridgehead atoms. The SMILES string of the molecule is N#CC1(NC(=O)C2CCCCC2)CC1.O=S1CCN(c2ccc(-c3cnc(C(O)C(F)(F)F)s3)cc2)CC1. The molecule has 2 aliphatic carbocycles. The number of hydrogen-bond acceptors (Lipinski definition) is 7. The Morgan fingerprint density at radius 1 is 1.18 bits per heavy atom. The fourth-order valence-electron chi connectivity index (χ4n) is 4.51. The zero-order valence-electron chi connectivity index (χ0n) is 20.9. The van der Waals surface area contributed by atoms with Crippen LogP contribution in [-0.2, 0) is 15.6 Å². The number of carbonyl (C=O) groups excluding carboxylic acids is 1. The highest BCUT2D eigenvalue weighted by molar-refractivity contribution is 7.85. The number of nitriles is 1. The van der Waals surface area contributed by atoms with Gasteiger partial charge in [-0.3, -0.25) is 9.00 Å². The molecule has 0 spiro atoms. The summed E-state index contributed by atoms with van der Waals surface area (Å²) in [4.78, 5) is 18.1. The molecule has 5 rings (SSSR count). The molecule has 2 N–H and O–H groups in total. The van der Waals surface area contributed by atoms with Crippen LogP contribution >= 0.6 is 11.3 Å². The smallest absolute Gasteiger partial charge is 0.377 e. The lowest BCUT2D eigenvalue weighted by molar-refractivity contribution is -0.206. The molecule has 1 saturated heterocycles. The Hall–Kier alpha value is -2.49. The van der Waals surface area contributed by atoms with Crippen molar-refractivity contribution in [1.29, 1.82) is 5.26 Å². The third kappa shape index (κ3) is 7.33. The van der Waals surface area contributed by atoms with Gasteiger partial charge in [-0.05, 0) is 43.4 Å². The minimum atomic E-state index is -4.71. The molecule has 206 valence electrons. The van der Waals surface area contributed by atoms with Gasteiger partial charge < -0.3 is 15.3 Å². The van der Waals surface area contributed by atoms with E-state index in [9.17, 15) is 27.3 Å². The van der Waals surface area contributed by atoms with E-state index in [2.05, 4.69) is 21.3 Å². The molecule has 2 saturated carbocycles. The van der Waals surface area contributed by atoms with Crippen LogP contribution in [0, 0.1) is 17.2 Å². The number of anilines is 1. The number of nitrogens with zero attached hydrogens (tertiary/aromatic N) is 3. The Labute approximate surface area is 226 Å². The van der Waals surface area contributed by atoms with Gasteiger partial charge in [0.1, 0.15) is 10.5 Å². The predicted molar refractivity (Wildman–Crippen MR) is 141 cm³/mol. The van der Waals surface area contributed by atoms with Gasteiger partial charge in [0.05, 0.1) is 10.9 Å². The van der Waals surface area contributed by atoms with Crippen molar-refractivity contribution in [2.45, 2.75) is 62.8 Å². The number of thiazole rings is 1. The Balaban J connectivity index is 0.000000204. The van der Waals surface area contributed by atoms with E-state index in [4.69, 9.17) is 5.26 Å². The van der Waals surface area contributed by atoms with Crippen molar-refractivity contribution in [3.8, 4) is 16.5 Å². The van der Waals surface area contributed by atoms with Crippen molar-refractivity contribution in [3.63, 3.8) is 0 Å². The molecule has 3 fully saturated rings. The number of hydrogen-bond donors (Lipinski definition) is 2.